The molecule has 2 unspecified atom stereocenters. The Morgan fingerprint density at radius 1 is 1.38 bits per heavy atom. The third-order valence-corrected chi connectivity index (χ3v) is 6.14. The number of sulfonamides is 1. The molecule has 1 saturated carbocycles. The Bertz CT molecular complexity index is 601. The number of nitrogens with zero attached hydrogens (tertiary/aromatic N) is 2. The smallest absolute Gasteiger partial charge is 0.269 e. The lowest BCUT2D eigenvalue weighted by Gasteiger charge is -2.17. The molecule has 1 aromatic heterocycles. The number of amides is 1. The lowest BCUT2D eigenvalue weighted by atomic mass is 9.97. The van der Waals surface area contributed by atoms with Crippen LogP contribution in [0.5, 0.6) is 0 Å². The first-order valence-electron chi connectivity index (χ1n) is 6.64. The summed E-state index contributed by atoms with van der Waals surface area (Å²) in [5, 5.41) is 19.0. The number of aromatic nitrogens is 2. The lowest BCUT2D eigenvalue weighted by molar-refractivity contribution is -0.114. The van der Waals surface area contributed by atoms with Gasteiger partial charge in [-0.05, 0) is 24.7 Å². The van der Waals surface area contributed by atoms with Gasteiger partial charge < -0.3 is 10.4 Å². The van der Waals surface area contributed by atoms with Gasteiger partial charge in [-0.2, -0.15) is 0 Å². The van der Waals surface area contributed by atoms with Crippen LogP contribution in [-0.4, -0.2) is 42.8 Å². The van der Waals surface area contributed by atoms with Crippen LogP contribution < -0.4 is 10.0 Å². The molecule has 0 spiro atoms. The highest BCUT2D eigenvalue weighted by molar-refractivity contribution is 7.91. The quantitative estimate of drug-likeness (QED) is 0.638. The number of aliphatic hydroxyl groups excluding tert-OH is 1. The molecule has 1 aliphatic rings. The molecular weight excluding hydrogens is 316 g/mol. The lowest BCUT2D eigenvalue weighted by Crippen LogP contribution is -2.31. The summed E-state index contributed by atoms with van der Waals surface area (Å²) in [6.45, 7) is 1.67. The van der Waals surface area contributed by atoms with E-state index in [0.717, 1.165) is 30.6 Å². The van der Waals surface area contributed by atoms with E-state index in [-0.39, 0.29) is 40.4 Å². The van der Waals surface area contributed by atoms with Crippen molar-refractivity contribution in [2.45, 2.75) is 30.5 Å². The van der Waals surface area contributed by atoms with Crippen LogP contribution in [0.15, 0.2) is 4.34 Å². The number of aliphatic hydroxyl groups is 1. The molecule has 21 heavy (non-hydrogen) atoms. The summed E-state index contributed by atoms with van der Waals surface area (Å²) < 4.78 is 26.5. The molecule has 10 heteroatoms. The van der Waals surface area contributed by atoms with Gasteiger partial charge in [-0.25, -0.2) is 13.1 Å². The minimum absolute atomic E-state index is 0.0812. The van der Waals surface area contributed by atoms with Gasteiger partial charge in [0.25, 0.3) is 10.0 Å². The van der Waals surface area contributed by atoms with Crippen LogP contribution >= 0.6 is 11.3 Å². The second-order valence-corrected chi connectivity index (χ2v) is 7.96. The van der Waals surface area contributed by atoms with E-state index in [1.54, 1.807) is 0 Å². The predicted octanol–water partition coefficient (Wildman–Crippen LogP) is 0.183. The minimum Gasteiger partial charge on any atom is -0.396 e. The molecule has 2 atom stereocenters. The summed E-state index contributed by atoms with van der Waals surface area (Å²) in [5.41, 5.74) is 0. The monoisotopic (exact) mass is 334 g/mol. The highest BCUT2D eigenvalue weighted by Crippen LogP contribution is 2.31. The molecule has 0 aliphatic heterocycles. The fourth-order valence-electron chi connectivity index (χ4n) is 2.42. The maximum absolute atomic E-state index is 12.1. The highest BCUT2D eigenvalue weighted by atomic mass is 32.2. The van der Waals surface area contributed by atoms with E-state index in [0.29, 0.717) is 0 Å². The van der Waals surface area contributed by atoms with Crippen molar-refractivity contribution in [1.82, 2.24) is 14.9 Å². The van der Waals surface area contributed by atoms with Crippen molar-refractivity contribution in [3.8, 4) is 0 Å². The van der Waals surface area contributed by atoms with Crippen LogP contribution in [0.1, 0.15) is 26.2 Å². The summed E-state index contributed by atoms with van der Waals surface area (Å²) in [6.07, 6.45) is 2.83. The average molecular weight is 334 g/mol. The second-order valence-electron chi connectivity index (χ2n) is 5.04. The van der Waals surface area contributed by atoms with E-state index in [9.17, 15) is 18.3 Å². The molecule has 0 bridgehead atoms. The first kappa shape index (κ1) is 16.3. The van der Waals surface area contributed by atoms with Gasteiger partial charge in [0.15, 0.2) is 0 Å². The Balaban J connectivity index is 1.98. The van der Waals surface area contributed by atoms with Gasteiger partial charge >= 0.3 is 0 Å². The number of nitrogens with one attached hydrogen (secondary N) is 2. The summed E-state index contributed by atoms with van der Waals surface area (Å²) >= 11 is 0.803. The SMILES string of the molecule is CC(=O)Nc1nnc(S(=O)(=O)NCC2CCCC2CO)s1. The molecule has 3 N–H and O–H groups in total. The molecule has 118 valence electrons. The number of carbonyl (C=O) groups is 1. The fraction of sp³-hybridized carbons (Fsp3) is 0.727. The van der Waals surface area contributed by atoms with Crippen LogP contribution in [0.4, 0.5) is 5.13 Å². The van der Waals surface area contributed by atoms with E-state index in [1.165, 1.54) is 6.92 Å². The Morgan fingerprint density at radius 3 is 2.76 bits per heavy atom. The summed E-state index contributed by atoms with van der Waals surface area (Å²) in [7, 11) is -3.73. The van der Waals surface area contributed by atoms with E-state index in [1.807, 2.05) is 0 Å². The summed E-state index contributed by atoms with van der Waals surface area (Å²) in [4.78, 5) is 10.9. The first-order chi connectivity index (χ1) is 9.92. The van der Waals surface area contributed by atoms with Crippen LogP contribution in [0.2, 0.25) is 0 Å². The minimum atomic E-state index is -3.73. The molecule has 2 rings (SSSR count). The zero-order valence-corrected chi connectivity index (χ0v) is 13.2. The normalized spacial score (nSPS) is 22.4. The molecule has 8 nitrogen and oxygen atoms in total. The molecule has 1 heterocycles. The first-order valence-corrected chi connectivity index (χ1v) is 8.94. The molecule has 1 amide bonds. The zero-order chi connectivity index (χ0) is 15.5. The van der Waals surface area contributed by atoms with Gasteiger partial charge in [-0.15, -0.1) is 10.2 Å². The van der Waals surface area contributed by atoms with Crippen LogP contribution in [0, 0.1) is 11.8 Å². The maximum Gasteiger partial charge on any atom is 0.269 e. The number of hydrogen-bond acceptors (Lipinski definition) is 7. The highest BCUT2D eigenvalue weighted by Gasteiger charge is 2.29. The summed E-state index contributed by atoms with van der Waals surface area (Å²) in [6, 6.07) is 0. The van der Waals surface area contributed by atoms with Crippen molar-refractivity contribution in [3.05, 3.63) is 0 Å². The van der Waals surface area contributed by atoms with Crippen molar-refractivity contribution in [2.75, 3.05) is 18.5 Å². The van der Waals surface area contributed by atoms with Crippen molar-refractivity contribution in [3.63, 3.8) is 0 Å². The Morgan fingerprint density at radius 2 is 2.10 bits per heavy atom. The predicted molar refractivity (Wildman–Crippen MR) is 77.3 cm³/mol. The van der Waals surface area contributed by atoms with E-state index >= 15 is 0 Å². The molecule has 0 aromatic carbocycles. The standard InChI is InChI=1S/C11H18N4O4S2/c1-7(17)13-10-14-15-11(20-10)21(18,19)12-5-8-3-2-4-9(8)6-16/h8-9,12,16H,2-6H2,1H3,(H,13,14,17). The van der Waals surface area contributed by atoms with Crippen molar-refractivity contribution in [2.24, 2.45) is 11.8 Å². The van der Waals surface area contributed by atoms with E-state index in [2.05, 4.69) is 20.2 Å². The van der Waals surface area contributed by atoms with E-state index in [4.69, 9.17) is 0 Å². The Labute approximate surface area is 127 Å². The molecular formula is C11H18N4O4S2. The third-order valence-electron chi connectivity index (χ3n) is 3.51. The maximum atomic E-state index is 12.1. The Hall–Kier alpha value is -1.10. The molecule has 1 aliphatic carbocycles. The number of anilines is 1. The van der Waals surface area contributed by atoms with Gasteiger partial charge in [0.2, 0.25) is 15.4 Å². The van der Waals surface area contributed by atoms with Gasteiger partial charge in [0, 0.05) is 20.1 Å². The molecule has 0 saturated heterocycles. The number of rotatable bonds is 6. The number of carbonyl (C=O) groups excluding carboxylic acids is 1. The third kappa shape index (κ3) is 4.19. The van der Waals surface area contributed by atoms with Crippen molar-refractivity contribution in [1.29, 1.82) is 0 Å². The molecule has 1 fully saturated rings. The average Bonchev–Trinajstić information content (AvgIpc) is 3.04. The zero-order valence-electron chi connectivity index (χ0n) is 11.6. The van der Waals surface area contributed by atoms with E-state index < -0.39 is 10.0 Å². The van der Waals surface area contributed by atoms with Gasteiger partial charge in [0.05, 0.1) is 0 Å². The molecule has 0 radical (unpaired) electrons. The molecule has 1 aromatic rings. The van der Waals surface area contributed by atoms with Gasteiger partial charge in [-0.3, -0.25) is 4.79 Å². The Kier molecular flexibility index (Phi) is 5.25. The van der Waals surface area contributed by atoms with Gasteiger partial charge in [-0.1, -0.05) is 17.8 Å². The largest absolute Gasteiger partial charge is 0.396 e. The van der Waals surface area contributed by atoms with Crippen molar-refractivity contribution < 1.29 is 18.3 Å². The topological polar surface area (TPSA) is 121 Å². The number of hydrogen-bond donors (Lipinski definition) is 3. The fourth-order valence-corrected chi connectivity index (χ4v) is 4.50. The van der Waals surface area contributed by atoms with Gasteiger partial charge in [0.1, 0.15) is 0 Å². The van der Waals surface area contributed by atoms with Crippen LogP contribution in [0.3, 0.4) is 0 Å². The van der Waals surface area contributed by atoms with Crippen LogP contribution in [0.25, 0.3) is 0 Å². The van der Waals surface area contributed by atoms with Crippen molar-refractivity contribution >= 4 is 32.4 Å². The second kappa shape index (κ2) is 6.77. The summed E-state index contributed by atoms with van der Waals surface area (Å²) in [5.74, 6) is -0.0376. The van der Waals surface area contributed by atoms with Crippen LogP contribution in [-0.2, 0) is 14.8 Å².